The third kappa shape index (κ3) is 8.02. The lowest BCUT2D eigenvalue weighted by Gasteiger charge is -2.12. The van der Waals surface area contributed by atoms with Gasteiger partial charge in [-0.1, -0.05) is 46.4 Å². The van der Waals surface area contributed by atoms with Crippen LogP contribution in [0.5, 0.6) is 0 Å². The molecule has 0 saturated carbocycles. The normalized spacial score (nSPS) is 9.71. The van der Waals surface area contributed by atoms with E-state index < -0.39 is 0 Å². The highest BCUT2D eigenvalue weighted by atomic mass is 35.5. The van der Waals surface area contributed by atoms with Gasteiger partial charge in [0, 0.05) is 39.6 Å². The van der Waals surface area contributed by atoms with Crippen LogP contribution in [-0.4, -0.2) is 50.1 Å². The summed E-state index contributed by atoms with van der Waals surface area (Å²) < 4.78 is 0. The van der Waals surface area contributed by atoms with Crippen molar-refractivity contribution in [3.05, 3.63) is 56.5 Å². The van der Waals surface area contributed by atoms with E-state index >= 15 is 0 Å². The Labute approximate surface area is 184 Å². The molecule has 0 aliphatic carbocycles. The van der Waals surface area contributed by atoms with E-state index in [0.717, 1.165) is 0 Å². The minimum absolute atomic E-state index is 0.205. The summed E-state index contributed by atoms with van der Waals surface area (Å²) in [7, 11) is 6.64. The number of nitrogens with zero attached hydrogens (tertiary/aromatic N) is 2. The standard InChI is InChI=1S/2C9H10Cl2N2O/c2*1-13(2)9(14)12-6-3-4-7(10)8(11)5-6/h2*3-5H,1-2H3,(H,12,14). The van der Waals surface area contributed by atoms with Crippen LogP contribution >= 0.6 is 46.4 Å². The van der Waals surface area contributed by atoms with Crippen LogP contribution in [0.4, 0.5) is 21.0 Å². The number of nitrogens with one attached hydrogen (secondary N) is 2. The van der Waals surface area contributed by atoms with Crippen LogP contribution in [0.15, 0.2) is 36.4 Å². The predicted octanol–water partition coefficient (Wildman–Crippen LogP) is 6.17. The third-order valence-corrected chi connectivity index (χ3v) is 4.63. The van der Waals surface area contributed by atoms with Crippen molar-refractivity contribution in [2.75, 3.05) is 38.8 Å². The van der Waals surface area contributed by atoms with Crippen LogP contribution in [0.3, 0.4) is 0 Å². The van der Waals surface area contributed by atoms with Gasteiger partial charge in [0.1, 0.15) is 0 Å². The second kappa shape index (κ2) is 11.2. The molecule has 2 rings (SSSR count). The maximum atomic E-state index is 11.2. The summed E-state index contributed by atoms with van der Waals surface area (Å²) >= 11 is 23.0. The van der Waals surface area contributed by atoms with Crippen LogP contribution in [0.1, 0.15) is 0 Å². The van der Waals surface area contributed by atoms with Gasteiger partial charge in [0.05, 0.1) is 20.1 Å². The Morgan fingerprint density at radius 1 is 0.643 bits per heavy atom. The average Bonchev–Trinajstić information content (AvgIpc) is 2.61. The third-order valence-electron chi connectivity index (χ3n) is 3.15. The molecule has 0 spiro atoms. The van der Waals surface area contributed by atoms with Crippen molar-refractivity contribution in [1.29, 1.82) is 0 Å². The first-order chi connectivity index (χ1) is 13.0. The smallest absolute Gasteiger partial charge is 0.321 e. The van der Waals surface area contributed by atoms with E-state index in [4.69, 9.17) is 46.4 Å². The van der Waals surface area contributed by atoms with Crippen LogP contribution in [0, 0.1) is 0 Å². The summed E-state index contributed by atoms with van der Waals surface area (Å²) in [4.78, 5) is 25.4. The van der Waals surface area contributed by atoms with Crippen molar-refractivity contribution < 1.29 is 9.59 Å². The fourth-order valence-electron chi connectivity index (χ4n) is 1.62. The number of hydrogen-bond donors (Lipinski definition) is 2. The Morgan fingerprint density at radius 3 is 1.21 bits per heavy atom. The number of rotatable bonds is 2. The van der Waals surface area contributed by atoms with Gasteiger partial charge < -0.3 is 20.4 Å². The van der Waals surface area contributed by atoms with Crippen LogP contribution < -0.4 is 10.6 Å². The van der Waals surface area contributed by atoms with Gasteiger partial charge in [-0.15, -0.1) is 0 Å². The zero-order chi connectivity index (χ0) is 21.4. The number of benzene rings is 2. The Balaban J connectivity index is 0.000000280. The number of carbonyl (C=O) groups excluding carboxylic acids is 2. The van der Waals surface area contributed by atoms with Crippen molar-refractivity contribution in [2.24, 2.45) is 0 Å². The van der Waals surface area contributed by atoms with Gasteiger partial charge in [0.2, 0.25) is 0 Å². The predicted molar refractivity (Wildman–Crippen MR) is 118 cm³/mol. The van der Waals surface area contributed by atoms with Crippen molar-refractivity contribution >= 4 is 69.8 Å². The Bertz CT molecular complexity index is 775. The molecule has 0 unspecified atom stereocenters. The largest absolute Gasteiger partial charge is 0.331 e. The highest BCUT2D eigenvalue weighted by Gasteiger charge is 2.06. The molecule has 0 saturated heterocycles. The van der Waals surface area contributed by atoms with E-state index in [9.17, 15) is 9.59 Å². The van der Waals surface area contributed by atoms with Gasteiger partial charge in [0.15, 0.2) is 0 Å². The Morgan fingerprint density at radius 2 is 0.964 bits per heavy atom. The van der Waals surface area contributed by atoms with Crippen molar-refractivity contribution in [2.45, 2.75) is 0 Å². The molecule has 2 aromatic rings. The van der Waals surface area contributed by atoms with Crippen LogP contribution in [0.2, 0.25) is 20.1 Å². The number of carbonyl (C=O) groups is 2. The Hall–Kier alpha value is -1.86. The molecule has 0 atom stereocenters. The van der Waals surface area contributed by atoms with Crippen molar-refractivity contribution in [3.8, 4) is 0 Å². The van der Waals surface area contributed by atoms with Crippen molar-refractivity contribution in [3.63, 3.8) is 0 Å². The molecule has 2 N–H and O–H groups in total. The second-order valence-electron chi connectivity index (χ2n) is 5.91. The zero-order valence-corrected chi connectivity index (χ0v) is 18.7. The molecule has 10 heteroatoms. The minimum atomic E-state index is -0.205. The van der Waals surface area contributed by atoms with Gasteiger partial charge in [0.25, 0.3) is 0 Å². The van der Waals surface area contributed by atoms with E-state index in [1.807, 2.05) is 0 Å². The molecule has 0 heterocycles. The summed E-state index contributed by atoms with van der Waals surface area (Å²) in [6.07, 6.45) is 0. The topological polar surface area (TPSA) is 64.7 Å². The first-order valence-electron chi connectivity index (χ1n) is 7.88. The first-order valence-corrected chi connectivity index (χ1v) is 9.39. The molecule has 2 aromatic carbocycles. The number of anilines is 2. The molecular weight excluding hydrogens is 446 g/mol. The maximum Gasteiger partial charge on any atom is 0.321 e. The summed E-state index contributed by atoms with van der Waals surface area (Å²) in [5, 5.41) is 7.08. The summed E-state index contributed by atoms with van der Waals surface area (Å²) in [5.74, 6) is 0. The molecule has 0 aliphatic heterocycles. The highest BCUT2D eigenvalue weighted by molar-refractivity contribution is 6.42. The number of hydrogen-bond acceptors (Lipinski definition) is 2. The fourth-order valence-corrected chi connectivity index (χ4v) is 2.21. The monoisotopic (exact) mass is 464 g/mol. The Kier molecular flexibility index (Phi) is 9.69. The molecule has 0 aromatic heterocycles. The lowest BCUT2D eigenvalue weighted by molar-refractivity contribution is 0.230. The molecular formula is C18H20Cl4N4O2. The maximum absolute atomic E-state index is 11.2. The molecule has 4 amide bonds. The summed E-state index contributed by atoms with van der Waals surface area (Å²) in [5.41, 5.74) is 1.25. The molecule has 152 valence electrons. The number of urea groups is 2. The quantitative estimate of drug-likeness (QED) is 0.556. The van der Waals surface area contributed by atoms with Gasteiger partial charge in [-0.3, -0.25) is 0 Å². The van der Waals surface area contributed by atoms with Crippen LogP contribution in [-0.2, 0) is 0 Å². The molecule has 0 bridgehead atoms. The lowest BCUT2D eigenvalue weighted by Crippen LogP contribution is -2.27. The van der Waals surface area contributed by atoms with Gasteiger partial charge in [-0.2, -0.15) is 0 Å². The first kappa shape index (κ1) is 24.2. The molecule has 0 fully saturated rings. The average molecular weight is 466 g/mol. The zero-order valence-electron chi connectivity index (χ0n) is 15.7. The van der Waals surface area contributed by atoms with E-state index in [2.05, 4.69) is 10.6 Å². The molecule has 28 heavy (non-hydrogen) atoms. The van der Waals surface area contributed by atoms with Gasteiger partial charge in [-0.05, 0) is 36.4 Å². The van der Waals surface area contributed by atoms with E-state index in [1.54, 1.807) is 64.6 Å². The SMILES string of the molecule is CN(C)C(=O)Nc1ccc(Cl)c(Cl)c1.CN(C)C(=O)Nc1ccc(Cl)c(Cl)c1. The minimum Gasteiger partial charge on any atom is -0.331 e. The highest BCUT2D eigenvalue weighted by Crippen LogP contribution is 2.25. The fraction of sp³-hybridized carbons (Fsp3) is 0.222. The lowest BCUT2D eigenvalue weighted by atomic mass is 10.3. The van der Waals surface area contributed by atoms with E-state index in [0.29, 0.717) is 31.5 Å². The summed E-state index contributed by atoms with van der Waals surface area (Å²) in [6, 6.07) is 9.44. The van der Waals surface area contributed by atoms with Gasteiger partial charge in [-0.25, -0.2) is 9.59 Å². The van der Waals surface area contributed by atoms with Gasteiger partial charge >= 0.3 is 12.1 Å². The summed E-state index contributed by atoms with van der Waals surface area (Å²) in [6.45, 7) is 0. The number of amides is 4. The van der Waals surface area contributed by atoms with Crippen molar-refractivity contribution in [1.82, 2.24) is 9.80 Å². The molecule has 0 radical (unpaired) electrons. The molecule has 6 nitrogen and oxygen atoms in total. The second-order valence-corrected chi connectivity index (χ2v) is 7.54. The molecule has 0 aliphatic rings. The van der Waals surface area contributed by atoms with Crippen LogP contribution in [0.25, 0.3) is 0 Å². The number of halogens is 4. The van der Waals surface area contributed by atoms with E-state index in [-0.39, 0.29) is 12.1 Å². The van der Waals surface area contributed by atoms with E-state index in [1.165, 1.54) is 9.80 Å².